The maximum Gasteiger partial charge on any atom is 0.261 e. The number of piperidine rings is 1. The molecule has 6 nitrogen and oxygen atoms in total. The molecule has 0 saturated carbocycles. The van der Waals surface area contributed by atoms with Crippen molar-refractivity contribution in [3.8, 4) is 0 Å². The Bertz CT molecular complexity index is 920. The van der Waals surface area contributed by atoms with E-state index in [1.807, 2.05) is 13.0 Å². The third kappa shape index (κ3) is 5.08. The van der Waals surface area contributed by atoms with Crippen LogP contribution in [0.5, 0.6) is 0 Å². The minimum atomic E-state index is -3.76. The van der Waals surface area contributed by atoms with Crippen molar-refractivity contribution < 1.29 is 13.2 Å². The summed E-state index contributed by atoms with van der Waals surface area (Å²) in [6.45, 7) is 3.78. The second kappa shape index (κ2) is 8.10. The zero-order chi connectivity index (χ0) is 19.4. The van der Waals surface area contributed by atoms with Crippen LogP contribution in [0.2, 0.25) is 0 Å². The van der Waals surface area contributed by atoms with Crippen LogP contribution in [0.25, 0.3) is 0 Å². The van der Waals surface area contributed by atoms with E-state index in [0.29, 0.717) is 11.3 Å². The van der Waals surface area contributed by atoms with E-state index in [2.05, 4.69) is 22.0 Å². The normalized spacial score (nSPS) is 16.1. The molecule has 0 radical (unpaired) electrons. The Labute approximate surface area is 160 Å². The van der Waals surface area contributed by atoms with E-state index in [4.69, 9.17) is 0 Å². The largest absolute Gasteiger partial charge is 0.349 e. The molecule has 0 spiro atoms. The number of hydrogen-bond acceptors (Lipinski definition) is 4. The Balaban J connectivity index is 1.73. The number of nitrogens with zero attached hydrogens (tertiary/aromatic N) is 1. The van der Waals surface area contributed by atoms with Gasteiger partial charge >= 0.3 is 0 Å². The molecule has 144 valence electrons. The number of anilines is 1. The number of sulfonamides is 1. The van der Waals surface area contributed by atoms with Gasteiger partial charge in [-0.25, -0.2) is 8.42 Å². The van der Waals surface area contributed by atoms with E-state index < -0.39 is 10.0 Å². The second-order valence-corrected chi connectivity index (χ2v) is 8.74. The molecule has 0 atom stereocenters. The summed E-state index contributed by atoms with van der Waals surface area (Å²) >= 11 is 0. The molecule has 1 aliphatic rings. The summed E-state index contributed by atoms with van der Waals surface area (Å²) in [6, 6.07) is 13.4. The highest BCUT2D eigenvalue weighted by atomic mass is 32.2. The second-order valence-electron chi connectivity index (χ2n) is 7.05. The van der Waals surface area contributed by atoms with Gasteiger partial charge in [-0.3, -0.25) is 9.52 Å². The van der Waals surface area contributed by atoms with Crippen LogP contribution >= 0.6 is 0 Å². The van der Waals surface area contributed by atoms with Crippen LogP contribution in [0, 0.1) is 6.92 Å². The Morgan fingerprint density at radius 3 is 2.48 bits per heavy atom. The van der Waals surface area contributed by atoms with E-state index >= 15 is 0 Å². The molecule has 1 aliphatic heterocycles. The summed E-state index contributed by atoms with van der Waals surface area (Å²) in [6.07, 6.45) is 1.80. The van der Waals surface area contributed by atoms with Gasteiger partial charge in [-0.15, -0.1) is 0 Å². The van der Waals surface area contributed by atoms with Crippen molar-refractivity contribution in [2.75, 3.05) is 24.9 Å². The Morgan fingerprint density at radius 2 is 1.78 bits per heavy atom. The van der Waals surface area contributed by atoms with Crippen molar-refractivity contribution in [3.05, 3.63) is 59.7 Å². The fourth-order valence-corrected chi connectivity index (χ4v) is 4.24. The topological polar surface area (TPSA) is 78.5 Å². The van der Waals surface area contributed by atoms with Gasteiger partial charge in [-0.1, -0.05) is 18.2 Å². The highest BCUT2D eigenvalue weighted by Gasteiger charge is 2.21. The fourth-order valence-electron chi connectivity index (χ4n) is 3.15. The highest BCUT2D eigenvalue weighted by Crippen LogP contribution is 2.18. The van der Waals surface area contributed by atoms with Crippen LogP contribution in [0.3, 0.4) is 0 Å². The molecule has 2 aromatic carbocycles. The number of amides is 1. The molecule has 0 aliphatic carbocycles. The molecular formula is C20H25N3O3S. The summed E-state index contributed by atoms with van der Waals surface area (Å²) in [7, 11) is -1.70. The predicted octanol–water partition coefficient (Wildman–Crippen LogP) is 2.62. The van der Waals surface area contributed by atoms with E-state index in [1.54, 1.807) is 30.3 Å². The van der Waals surface area contributed by atoms with Crippen LogP contribution in [0.1, 0.15) is 28.8 Å². The SMILES string of the molecule is Cc1cccc(NS(=O)(=O)c2cccc(C(=O)NC3CCN(C)CC3)c2)c1. The van der Waals surface area contributed by atoms with Gasteiger partial charge in [0, 0.05) is 17.3 Å². The van der Waals surface area contributed by atoms with Crippen LogP contribution in [-0.4, -0.2) is 45.4 Å². The van der Waals surface area contributed by atoms with E-state index in [0.717, 1.165) is 31.5 Å². The molecule has 1 heterocycles. The lowest BCUT2D eigenvalue weighted by molar-refractivity contribution is 0.0916. The number of carbonyl (C=O) groups excluding carboxylic acids is 1. The third-order valence-corrected chi connectivity index (χ3v) is 6.11. The van der Waals surface area contributed by atoms with Crippen LogP contribution in [0.15, 0.2) is 53.4 Å². The monoisotopic (exact) mass is 387 g/mol. The Hall–Kier alpha value is -2.38. The van der Waals surface area contributed by atoms with Gasteiger partial charge in [0.1, 0.15) is 0 Å². The summed E-state index contributed by atoms with van der Waals surface area (Å²) < 4.78 is 27.9. The molecule has 1 fully saturated rings. The molecule has 0 aromatic heterocycles. The van der Waals surface area contributed by atoms with Crippen molar-refractivity contribution in [3.63, 3.8) is 0 Å². The maximum atomic E-state index is 12.7. The predicted molar refractivity (Wildman–Crippen MR) is 106 cm³/mol. The zero-order valence-electron chi connectivity index (χ0n) is 15.6. The molecule has 2 aromatic rings. The minimum Gasteiger partial charge on any atom is -0.349 e. The number of rotatable bonds is 5. The fraction of sp³-hybridized carbons (Fsp3) is 0.350. The first-order chi connectivity index (χ1) is 12.8. The lowest BCUT2D eigenvalue weighted by Gasteiger charge is -2.29. The number of aryl methyl sites for hydroxylation is 1. The first-order valence-corrected chi connectivity index (χ1v) is 10.5. The average molecular weight is 388 g/mol. The van der Waals surface area contributed by atoms with Crippen molar-refractivity contribution in [1.29, 1.82) is 0 Å². The molecule has 0 bridgehead atoms. The number of likely N-dealkylation sites (tertiary alicyclic amines) is 1. The van der Waals surface area contributed by atoms with Crippen molar-refractivity contribution in [1.82, 2.24) is 10.2 Å². The molecule has 1 amide bonds. The maximum absolute atomic E-state index is 12.7. The number of hydrogen-bond donors (Lipinski definition) is 2. The number of carbonyl (C=O) groups is 1. The van der Waals surface area contributed by atoms with Gasteiger partial charge < -0.3 is 10.2 Å². The van der Waals surface area contributed by atoms with Crippen molar-refractivity contribution in [2.24, 2.45) is 0 Å². The van der Waals surface area contributed by atoms with Gasteiger partial charge in [0.15, 0.2) is 0 Å². The van der Waals surface area contributed by atoms with E-state index in [9.17, 15) is 13.2 Å². The summed E-state index contributed by atoms with van der Waals surface area (Å²) in [5.74, 6) is -0.239. The molecule has 3 rings (SSSR count). The molecular weight excluding hydrogens is 362 g/mol. The zero-order valence-corrected chi connectivity index (χ0v) is 16.4. The molecule has 7 heteroatoms. The smallest absolute Gasteiger partial charge is 0.261 e. The average Bonchev–Trinajstić information content (AvgIpc) is 2.63. The first kappa shape index (κ1) is 19.4. The van der Waals surface area contributed by atoms with Gasteiger partial charge in [0.2, 0.25) is 0 Å². The summed E-state index contributed by atoms with van der Waals surface area (Å²) in [4.78, 5) is 14.8. The number of benzene rings is 2. The molecule has 0 unspecified atom stereocenters. The van der Waals surface area contributed by atoms with Gasteiger partial charge in [0.05, 0.1) is 4.90 Å². The lowest BCUT2D eigenvalue weighted by atomic mass is 10.0. The van der Waals surface area contributed by atoms with Crippen LogP contribution in [-0.2, 0) is 10.0 Å². The van der Waals surface area contributed by atoms with Crippen LogP contribution in [0.4, 0.5) is 5.69 Å². The van der Waals surface area contributed by atoms with Crippen molar-refractivity contribution in [2.45, 2.75) is 30.7 Å². The molecule has 27 heavy (non-hydrogen) atoms. The summed E-state index contributed by atoms with van der Waals surface area (Å²) in [5.41, 5.74) is 1.80. The van der Waals surface area contributed by atoms with Crippen LogP contribution < -0.4 is 10.0 Å². The minimum absolute atomic E-state index is 0.0695. The third-order valence-electron chi connectivity index (χ3n) is 4.73. The van der Waals surface area contributed by atoms with E-state index in [-0.39, 0.29) is 16.8 Å². The Morgan fingerprint density at radius 1 is 1.07 bits per heavy atom. The standard InChI is InChI=1S/C20H25N3O3S/c1-15-5-3-7-18(13-15)22-27(25,26)19-8-4-6-16(14-19)20(24)21-17-9-11-23(2)12-10-17/h3-8,13-14,17,22H,9-12H2,1-2H3,(H,21,24). The number of nitrogens with one attached hydrogen (secondary N) is 2. The Kier molecular flexibility index (Phi) is 5.82. The van der Waals surface area contributed by atoms with Crippen molar-refractivity contribution >= 4 is 21.6 Å². The highest BCUT2D eigenvalue weighted by molar-refractivity contribution is 7.92. The molecule has 2 N–H and O–H groups in total. The summed E-state index contributed by atoms with van der Waals surface area (Å²) in [5, 5.41) is 3.01. The van der Waals surface area contributed by atoms with Gasteiger partial charge in [0.25, 0.3) is 15.9 Å². The quantitative estimate of drug-likeness (QED) is 0.827. The lowest BCUT2D eigenvalue weighted by Crippen LogP contribution is -2.43. The first-order valence-electron chi connectivity index (χ1n) is 9.02. The molecule has 1 saturated heterocycles. The van der Waals surface area contributed by atoms with Gasteiger partial charge in [-0.2, -0.15) is 0 Å². The van der Waals surface area contributed by atoms with E-state index in [1.165, 1.54) is 12.1 Å². The van der Waals surface area contributed by atoms with Gasteiger partial charge in [-0.05, 0) is 75.8 Å².